The van der Waals surface area contributed by atoms with Crippen LogP contribution in [0, 0.1) is 5.82 Å². The molecule has 1 saturated heterocycles. The first kappa shape index (κ1) is 17.4. The highest BCUT2D eigenvalue weighted by Crippen LogP contribution is 2.33. The predicted octanol–water partition coefficient (Wildman–Crippen LogP) is 2.90. The average Bonchev–Trinajstić information content (AvgIpc) is 2.74. The monoisotopic (exact) mass is 355 g/mol. The molecule has 0 aliphatic carbocycles. The zero-order chi connectivity index (χ0) is 17.0. The molecule has 5 nitrogen and oxygen atoms in total. The highest BCUT2D eigenvalue weighted by atomic mass is 32.2. The van der Waals surface area contributed by atoms with E-state index in [2.05, 4.69) is 0 Å². The van der Waals surface area contributed by atoms with Crippen LogP contribution in [-0.2, 0) is 9.59 Å². The number of hydrogen-bond donors (Lipinski definition) is 1. The van der Waals surface area contributed by atoms with Gasteiger partial charge in [0.15, 0.2) is 11.6 Å². The van der Waals surface area contributed by atoms with E-state index < -0.39 is 11.8 Å². The van der Waals surface area contributed by atoms with E-state index in [1.54, 1.807) is 12.1 Å². The Morgan fingerprint density at radius 3 is 2.87 bits per heavy atom. The number of nitrogens with zero attached hydrogens (tertiary/aromatic N) is 1. The number of ether oxygens (including phenoxy) is 1. The summed E-state index contributed by atoms with van der Waals surface area (Å²) in [5, 5.41) is 8.64. The van der Waals surface area contributed by atoms with Crippen molar-refractivity contribution in [3.05, 3.63) is 34.5 Å². The fourth-order valence-electron chi connectivity index (χ4n) is 2.00. The molecule has 1 amide bonds. The van der Waals surface area contributed by atoms with Gasteiger partial charge in [0.25, 0.3) is 5.91 Å². The van der Waals surface area contributed by atoms with Gasteiger partial charge < -0.3 is 9.84 Å². The lowest BCUT2D eigenvalue weighted by atomic mass is 10.2. The van der Waals surface area contributed by atoms with Gasteiger partial charge in [-0.25, -0.2) is 4.39 Å². The molecule has 1 fully saturated rings. The Balaban J connectivity index is 2.11. The summed E-state index contributed by atoms with van der Waals surface area (Å²) in [7, 11) is 1.38. The molecule has 0 atom stereocenters. The Kier molecular flexibility index (Phi) is 5.73. The Labute approximate surface area is 142 Å². The minimum Gasteiger partial charge on any atom is -0.494 e. The van der Waals surface area contributed by atoms with Gasteiger partial charge in [0.05, 0.1) is 12.0 Å². The lowest BCUT2D eigenvalue weighted by Crippen LogP contribution is -2.29. The van der Waals surface area contributed by atoms with Crippen LogP contribution in [0.3, 0.4) is 0 Å². The number of thioether (sulfide) groups is 1. The van der Waals surface area contributed by atoms with Gasteiger partial charge in [0.1, 0.15) is 4.32 Å². The Hall–Kier alpha value is -1.93. The largest absolute Gasteiger partial charge is 0.494 e. The van der Waals surface area contributed by atoms with Gasteiger partial charge >= 0.3 is 5.97 Å². The summed E-state index contributed by atoms with van der Waals surface area (Å²) in [4.78, 5) is 24.6. The van der Waals surface area contributed by atoms with Crippen LogP contribution in [0.15, 0.2) is 23.1 Å². The van der Waals surface area contributed by atoms with E-state index in [4.69, 9.17) is 22.1 Å². The van der Waals surface area contributed by atoms with Crippen molar-refractivity contribution in [3.63, 3.8) is 0 Å². The maximum absolute atomic E-state index is 13.7. The van der Waals surface area contributed by atoms with Crippen molar-refractivity contribution in [2.45, 2.75) is 12.8 Å². The molecular formula is C15H14FNO4S2. The van der Waals surface area contributed by atoms with Crippen LogP contribution in [-0.4, -0.2) is 39.9 Å². The molecule has 1 aromatic carbocycles. The number of amides is 1. The van der Waals surface area contributed by atoms with Crippen molar-refractivity contribution in [2.75, 3.05) is 13.7 Å². The molecule has 1 aliphatic rings. The lowest BCUT2D eigenvalue weighted by molar-refractivity contribution is -0.137. The number of carboxylic acid groups (broad SMARTS) is 1. The van der Waals surface area contributed by atoms with Crippen molar-refractivity contribution >= 4 is 46.3 Å². The molecule has 1 aliphatic heterocycles. The first-order valence-electron chi connectivity index (χ1n) is 6.73. The van der Waals surface area contributed by atoms with Gasteiger partial charge in [-0.15, -0.1) is 0 Å². The highest BCUT2D eigenvalue weighted by Gasteiger charge is 2.31. The summed E-state index contributed by atoms with van der Waals surface area (Å²) in [6, 6.07) is 4.39. The quantitative estimate of drug-likeness (QED) is 0.625. The van der Waals surface area contributed by atoms with E-state index in [9.17, 15) is 14.0 Å². The number of methoxy groups -OCH3 is 1. The predicted molar refractivity (Wildman–Crippen MR) is 89.7 cm³/mol. The molecule has 1 N–H and O–H groups in total. The molecule has 2 rings (SSSR count). The van der Waals surface area contributed by atoms with Gasteiger partial charge in [0, 0.05) is 13.0 Å². The molecule has 0 bridgehead atoms. The van der Waals surface area contributed by atoms with Crippen LogP contribution in [0.1, 0.15) is 18.4 Å². The SMILES string of the molecule is COc1ccc(C=C2SC(=S)N(CCCC(=O)O)C2=O)cc1F. The third-order valence-corrected chi connectivity index (χ3v) is 4.50. The lowest BCUT2D eigenvalue weighted by Gasteiger charge is -2.13. The van der Waals surface area contributed by atoms with Crippen molar-refractivity contribution in [3.8, 4) is 5.75 Å². The van der Waals surface area contributed by atoms with E-state index in [1.165, 1.54) is 24.1 Å². The second kappa shape index (κ2) is 7.56. The molecule has 122 valence electrons. The van der Waals surface area contributed by atoms with E-state index in [-0.39, 0.29) is 24.6 Å². The standard InChI is InChI=1S/C15H14FNO4S2/c1-21-11-5-4-9(7-10(11)16)8-12-14(20)17(15(22)23-12)6-2-3-13(18)19/h4-5,7-8H,2-3,6H2,1H3,(H,18,19). The van der Waals surface area contributed by atoms with Gasteiger partial charge in [-0.05, 0) is 30.2 Å². The van der Waals surface area contributed by atoms with Crippen LogP contribution in [0.4, 0.5) is 4.39 Å². The summed E-state index contributed by atoms with van der Waals surface area (Å²) < 4.78 is 18.9. The van der Waals surface area contributed by atoms with Crippen LogP contribution in [0.25, 0.3) is 6.08 Å². The zero-order valence-electron chi connectivity index (χ0n) is 12.2. The smallest absolute Gasteiger partial charge is 0.303 e. The van der Waals surface area contributed by atoms with Crippen molar-refractivity contribution in [1.29, 1.82) is 0 Å². The van der Waals surface area contributed by atoms with E-state index >= 15 is 0 Å². The number of carbonyl (C=O) groups excluding carboxylic acids is 1. The number of rotatable bonds is 6. The summed E-state index contributed by atoms with van der Waals surface area (Å²) in [6.07, 6.45) is 1.85. The van der Waals surface area contributed by atoms with Gasteiger partial charge in [0.2, 0.25) is 0 Å². The molecular weight excluding hydrogens is 341 g/mol. The molecule has 23 heavy (non-hydrogen) atoms. The van der Waals surface area contributed by atoms with E-state index in [0.717, 1.165) is 11.8 Å². The summed E-state index contributed by atoms with van der Waals surface area (Å²) in [5.41, 5.74) is 0.523. The number of hydrogen-bond acceptors (Lipinski definition) is 5. The molecule has 0 saturated carbocycles. The maximum Gasteiger partial charge on any atom is 0.303 e. The normalized spacial score (nSPS) is 16.3. The number of aliphatic carboxylic acids is 1. The Morgan fingerprint density at radius 2 is 2.26 bits per heavy atom. The summed E-state index contributed by atoms with van der Waals surface area (Å²) in [5.74, 6) is -1.59. The minimum absolute atomic E-state index is 0.0280. The fourth-order valence-corrected chi connectivity index (χ4v) is 3.31. The fraction of sp³-hybridized carbons (Fsp3) is 0.267. The second-order valence-corrected chi connectivity index (χ2v) is 6.40. The summed E-state index contributed by atoms with van der Waals surface area (Å²) in [6.45, 7) is 0.255. The third kappa shape index (κ3) is 4.29. The van der Waals surface area contributed by atoms with Gasteiger partial charge in [-0.3, -0.25) is 14.5 Å². The average molecular weight is 355 g/mol. The van der Waals surface area contributed by atoms with E-state index in [1.807, 2.05) is 0 Å². The first-order chi connectivity index (χ1) is 10.9. The Bertz CT molecular complexity index is 690. The van der Waals surface area contributed by atoms with Gasteiger partial charge in [-0.2, -0.15) is 0 Å². The molecule has 0 spiro atoms. The number of benzene rings is 1. The van der Waals surface area contributed by atoms with Crippen molar-refractivity contribution in [1.82, 2.24) is 4.90 Å². The van der Waals surface area contributed by atoms with Crippen molar-refractivity contribution < 1.29 is 23.8 Å². The van der Waals surface area contributed by atoms with Crippen LogP contribution >= 0.6 is 24.0 Å². The second-order valence-electron chi connectivity index (χ2n) is 4.72. The summed E-state index contributed by atoms with van der Waals surface area (Å²) >= 11 is 6.26. The van der Waals surface area contributed by atoms with Crippen LogP contribution in [0.2, 0.25) is 0 Å². The Morgan fingerprint density at radius 1 is 1.52 bits per heavy atom. The number of halogens is 1. The number of carbonyl (C=O) groups is 2. The molecule has 1 heterocycles. The molecule has 0 radical (unpaired) electrons. The molecule has 1 aromatic rings. The number of carboxylic acids is 1. The van der Waals surface area contributed by atoms with E-state index in [0.29, 0.717) is 21.2 Å². The molecule has 8 heteroatoms. The third-order valence-electron chi connectivity index (χ3n) is 3.12. The minimum atomic E-state index is -0.917. The maximum atomic E-state index is 13.7. The number of thiocarbonyl (C=S) groups is 1. The molecule has 0 unspecified atom stereocenters. The van der Waals surface area contributed by atoms with Crippen LogP contribution < -0.4 is 4.74 Å². The highest BCUT2D eigenvalue weighted by molar-refractivity contribution is 8.26. The van der Waals surface area contributed by atoms with Gasteiger partial charge in [-0.1, -0.05) is 30.0 Å². The van der Waals surface area contributed by atoms with Crippen LogP contribution in [0.5, 0.6) is 5.75 Å². The topological polar surface area (TPSA) is 66.8 Å². The van der Waals surface area contributed by atoms with Crippen molar-refractivity contribution in [2.24, 2.45) is 0 Å². The molecule has 0 aromatic heterocycles. The zero-order valence-corrected chi connectivity index (χ0v) is 13.9. The first-order valence-corrected chi connectivity index (χ1v) is 7.95.